The molecule has 7 heteroatoms. The summed E-state index contributed by atoms with van der Waals surface area (Å²) in [6.07, 6.45) is -1.05. The number of benzene rings is 2. The number of fused-ring (bicyclic) bond motifs is 1. The van der Waals surface area contributed by atoms with Crippen LogP contribution in [-0.2, 0) is 11.0 Å². The van der Waals surface area contributed by atoms with Crippen LogP contribution in [0.1, 0.15) is 34.3 Å². The molecule has 2 aromatic rings. The minimum atomic E-state index is -4.69. The molecule has 0 spiro atoms. The molecular weight excluding hydrogens is 369 g/mol. The zero-order valence-electron chi connectivity index (χ0n) is 14.9. The number of likely N-dealkylation sites (tertiary alicyclic amines) is 1. The Morgan fingerprint density at radius 1 is 0.821 bits per heavy atom. The SMILES string of the molecule is O=C1/C(=C/N2CCCC2)c2ccccc2C(=O)N1c1ccccc1C(F)(F)F. The number of nitrogens with zero attached hydrogens (tertiary/aromatic N) is 2. The van der Waals surface area contributed by atoms with Crippen LogP contribution in [0.15, 0.2) is 54.7 Å². The number of anilines is 1. The van der Waals surface area contributed by atoms with Crippen molar-refractivity contribution in [1.82, 2.24) is 4.90 Å². The van der Waals surface area contributed by atoms with Crippen molar-refractivity contribution >= 4 is 23.1 Å². The van der Waals surface area contributed by atoms with Crippen molar-refractivity contribution < 1.29 is 22.8 Å². The molecule has 2 aliphatic heterocycles. The van der Waals surface area contributed by atoms with Crippen LogP contribution in [0.2, 0.25) is 0 Å². The molecule has 144 valence electrons. The van der Waals surface area contributed by atoms with Crippen molar-refractivity contribution in [2.75, 3.05) is 18.0 Å². The van der Waals surface area contributed by atoms with Gasteiger partial charge in [-0.2, -0.15) is 13.2 Å². The first-order chi connectivity index (χ1) is 13.4. The zero-order chi connectivity index (χ0) is 19.9. The van der Waals surface area contributed by atoms with Gasteiger partial charge in [-0.3, -0.25) is 9.59 Å². The smallest absolute Gasteiger partial charge is 0.377 e. The maximum Gasteiger partial charge on any atom is 0.418 e. The van der Waals surface area contributed by atoms with E-state index in [2.05, 4.69) is 0 Å². The summed E-state index contributed by atoms with van der Waals surface area (Å²) < 4.78 is 40.5. The van der Waals surface area contributed by atoms with Gasteiger partial charge in [-0.25, -0.2) is 4.90 Å². The lowest BCUT2D eigenvalue weighted by Gasteiger charge is -2.31. The van der Waals surface area contributed by atoms with E-state index in [1.54, 1.807) is 24.4 Å². The van der Waals surface area contributed by atoms with Crippen molar-refractivity contribution in [2.24, 2.45) is 0 Å². The standard InChI is InChI=1S/C21H17F3N2O2/c22-21(23,24)17-9-3-4-10-18(17)26-19(27)15-8-2-1-7-14(15)16(20(26)28)13-25-11-5-6-12-25/h1-4,7-10,13H,5-6,11-12H2/b16-13+. The minimum absolute atomic E-state index is 0.213. The Bertz CT molecular complexity index is 976. The van der Waals surface area contributed by atoms with E-state index in [0.717, 1.165) is 38.1 Å². The third kappa shape index (κ3) is 3.06. The Kier molecular flexibility index (Phi) is 4.45. The fraction of sp³-hybridized carbons (Fsp3) is 0.238. The first-order valence-corrected chi connectivity index (χ1v) is 8.98. The van der Waals surface area contributed by atoms with E-state index in [1.807, 2.05) is 4.90 Å². The molecule has 4 rings (SSSR count). The van der Waals surface area contributed by atoms with Crippen molar-refractivity contribution in [2.45, 2.75) is 19.0 Å². The Morgan fingerprint density at radius 2 is 1.43 bits per heavy atom. The highest BCUT2D eigenvalue weighted by Crippen LogP contribution is 2.40. The number of halogens is 3. The van der Waals surface area contributed by atoms with E-state index in [-0.39, 0.29) is 11.1 Å². The molecule has 2 amide bonds. The van der Waals surface area contributed by atoms with E-state index < -0.39 is 29.2 Å². The molecule has 2 heterocycles. The number of carbonyl (C=O) groups excluding carboxylic acids is 2. The topological polar surface area (TPSA) is 40.6 Å². The van der Waals surface area contributed by atoms with Gasteiger partial charge in [0, 0.05) is 30.4 Å². The number of carbonyl (C=O) groups is 2. The van der Waals surface area contributed by atoms with Crippen molar-refractivity contribution in [3.63, 3.8) is 0 Å². The van der Waals surface area contributed by atoms with Crippen LogP contribution >= 0.6 is 0 Å². The maximum atomic E-state index is 13.5. The molecule has 0 bridgehead atoms. The van der Waals surface area contributed by atoms with Crippen molar-refractivity contribution in [1.29, 1.82) is 0 Å². The van der Waals surface area contributed by atoms with E-state index in [1.165, 1.54) is 18.2 Å². The van der Waals surface area contributed by atoms with Gasteiger partial charge in [-0.15, -0.1) is 0 Å². The molecule has 2 aromatic carbocycles. The minimum Gasteiger partial charge on any atom is -0.377 e. The quantitative estimate of drug-likeness (QED) is 0.570. The molecule has 0 unspecified atom stereocenters. The molecule has 1 fully saturated rings. The van der Waals surface area contributed by atoms with Crippen LogP contribution in [0.3, 0.4) is 0 Å². The Balaban J connectivity index is 1.89. The Hall–Kier alpha value is -3.09. The van der Waals surface area contributed by atoms with Gasteiger partial charge >= 0.3 is 6.18 Å². The van der Waals surface area contributed by atoms with Gasteiger partial charge < -0.3 is 4.90 Å². The van der Waals surface area contributed by atoms with Crippen LogP contribution in [0, 0.1) is 0 Å². The molecule has 28 heavy (non-hydrogen) atoms. The molecule has 0 N–H and O–H groups in total. The fourth-order valence-corrected chi connectivity index (χ4v) is 3.66. The predicted octanol–water partition coefficient (Wildman–Crippen LogP) is 4.33. The molecule has 0 radical (unpaired) electrons. The molecule has 2 aliphatic rings. The van der Waals surface area contributed by atoms with Crippen LogP contribution in [-0.4, -0.2) is 29.8 Å². The molecule has 4 nitrogen and oxygen atoms in total. The second kappa shape index (κ2) is 6.82. The van der Waals surface area contributed by atoms with Gasteiger partial charge in [0.15, 0.2) is 0 Å². The molecular formula is C21H17F3N2O2. The Morgan fingerprint density at radius 3 is 2.11 bits per heavy atom. The highest BCUT2D eigenvalue weighted by atomic mass is 19.4. The van der Waals surface area contributed by atoms with E-state index >= 15 is 0 Å². The summed E-state index contributed by atoms with van der Waals surface area (Å²) in [5.41, 5.74) is -0.577. The normalized spacial score (nSPS) is 18.8. The summed E-state index contributed by atoms with van der Waals surface area (Å²) >= 11 is 0. The van der Waals surface area contributed by atoms with E-state index in [9.17, 15) is 22.8 Å². The summed E-state index contributed by atoms with van der Waals surface area (Å²) in [5, 5.41) is 0. The molecule has 0 saturated carbocycles. The summed E-state index contributed by atoms with van der Waals surface area (Å²) in [6, 6.07) is 11.2. The van der Waals surface area contributed by atoms with Gasteiger partial charge in [0.2, 0.25) is 0 Å². The molecule has 0 atom stereocenters. The van der Waals surface area contributed by atoms with Crippen LogP contribution in [0.25, 0.3) is 5.57 Å². The molecule has 0 aliphatic carbocycles. The van der Waals surface area contributed by atoms with Gasteiger partial charge in [0.1, 0.15) is 0 Å². The number of amides is 2. The van der Waals surface area contributed by atoms with Crippen molar-refractivity contribution in [3.05, 3.63) is 71.4 Å². The number of rotatable bonds is 2. The monoisotopic (exact) mass is 386 g/mol. The highest BCUT2D eigenvalue weighted by Gasteiger charge is 2.41. The summed E-state index contributed by atoms with van der Waals surface area (Å²) in [7, 11) is 0. The number of hydrogen-bond donors (Lipinski definition) is 0. The third-order valence-electron chi connectivity index (χ3n) is 4.99. The Labute approximate surface area is 159 Å². The second-order valence-electron chi connectivity index (χ2n) is 6.79. The average molecular weight is 386 g/mol. The molecule has 1 saturated heterocycles. The lowest BCUT2D eigenvalue weighted by molar-refractivity contribution is -0.137. The van der Waals surface area contributed by atoms with Crippen LogP contribution in [0.5, 0.6) is 0 Å². The van der Waals surface area contributed by atoms with Crippen LogP contribution < -0.4 is 4.90 Å². The summed E-state index contributed by atoms with van der Waals surface area (Å²) in [6.45, 7) is 1.54. The van der Waals surface area contributed by atoms with E-state index in [4.69, 9.17) is 0 Å². The molecule has 0 aromatic heterocycles. The largest absolute Gasteiger partial charge is 0.418 e. The van der Waals surface area contributed by atoms with Gasteiger partial charge in [0.05, 0.1) is 16.8 Å². The lowest BCUT2D eigenvalue weighted by Crippen LogP contribution is -2.43. The highest BCUT2D eigenvalue weighted by molar-refractivity contribution is 6.41. The van der Waals surface area contributed by atoms with E-state index in [0.29, 0.717) is 10.5 Å². The predicted molar refractivity (Wildman–Crippen MR) is 98.5 cm³/mol. The number of para-hydroxylation sites is 1. The lowest BCUT2D eigenvalue weighted by atomic mass is 9.93. The third-order valence-corrected chi connectivity index (χ3v) is 4.99. The van der Waals surface area contributed by atoms with Gasteiger partial charge in [0.25, 0.3) is 11.8 Å². The van der Waals surface area contributed by atoms with Crippen molar-refractivity contribution in [3.8, 4) is 0 Å². The van der Waals surface area contributed by atoms with Gasteiger partial charge in [-0.05, 0) is 31.0 Å². The average Bonchev–Trinajstić information content (AvgIpc) is 3.18. The van der Waals surface area contributed by atoms with Gasteiger partial charge in [-0.1, -0.05) is 30.3 Å². The number of alkyl halides is 3. The number of imide groups is 1. The first kappa shape index (κ1) is 18.3. The summed E-state index contributed by atoms with van der Waals surface area (Å²) in [5.74, 6) is -1.50. The van der Waals surface area contributed by atoms with Crippen LogP contribution in [0.4, 0.5) is 18.9 Å². The maximum absolute atomic E-state index is 13.5. The number of hydrogen-bond acceptors (Lipinski definition) is 3. The second-order valence-corrected chi connectivity index (χ2v) is 6.79. The summed E-state index contributed by atoms with van der Waals surface area (Å²) in [4.78, 5) is 28.8. The first-order valence-electron chi connectivity index (χ1n) is 8.98. The fourth-order valence-electron chi connectivity index (χ4n) is 3.66. The zero-order valence-corrected chi connectivity index (χ0v) is 14.9.